The number of amides is 2. The summed E-state index contributed by atoms with van der Waals surface area (Å²) in [5.41, 5.74) is 3.54. The van der Waals surface area contributed by atoms with Gasteiger partial charge in [-0.3, -0.25) is 4.79 Å². The van der Waals surface area contributed by atoms with Crippen LogP contribution in [0, 0.1) is 5.92 Å². The second-order valence-electron chi connectivity index (χ2n) is 9.70. The van der Waals surface area contributed by atoms with Crippen molar-refractivity contribution in [1.29, 1.82) is 0 Å². The topological polar surface area (TPSA) is 95.9 Å². The first-order chi connectivity index (χ1) is 16.4. The number of nitrogens with zero attached hydrogens (tertiary/aromatic N) is 1. The lowest BCUT2D eigenvalue weighted by Gasteiger charge is -2.35. The molecule has 0 unspecified atom stereocenters. The van der Waals surface area contributed by atoms with E-state index in [1.807, 2.05) is 24.3 Å². The van der Waals surface area contributed by atoms with E-state index in [4.69, 9.17) is 4.74 Å². The van der Waals surface area contributed by atoms with Crippen molar-refractivity contribution in [2.45, 2.75) is 56.0 Å². The molecule has 2 fully saturated rings. The van der Waals surface area contributed by atoms with Crippen LogP contribution >= 0.6 is 0 Å². The highest BCUT2D eigenvalue weighted by atomic mass is 16.5. The molecule has 0 aliphatic heterocycles. The molecule has 5 rings (SSSR count). The monoisotopic (exact) mass is 462 g/mol. The Morgan fingerprint density at radius 1 is 1.00 bits per heavy atom. The summed E-state index contributed by atoms with van der Waals surface area (Å²) >= 11 is 0. The summed E-state index contributed by atoms with van der Waals surface area (Å²) in [6, 6.07) is 16.0. The van der Waals surface area contributed by atoms with Crippen LogP contribution in [-0.4, -0.2) is 53.2 Å². The molecule has 0 spiro atoms. The Bertz CT molecular complexity index is 1080. The van der Waals surface area contributed by atoms with Crippen molar-refractivity contribution in [3.63, 3.8) is 0 Å². The minimum absolute atomic E-state index is 0.0293. The number of alkyl carbamates (subject to hydrolysis) is 1. The van der Waals surface area contributed by atoms with Gasteiger partial charge in [-0.25, -0.2) is 9.59 Å². The highest BCUT2D eigenvalue weighted by Gasteiger charge is 2.56. The number of carboxylic acid groups (broad SMARTS) is 1. The number of likely N-dealkylation sites (N-methyl/N-ethyl adjacent to an activating group) is 1. The van der Waals surface area contributed by atoms with Crippen molar-refractivity contribution < 1.29 is 24.2 Å². The molecule has 34 heavy (non-hydrogen) atoms. The fourth-order valence-electron chi connectivity index (χ4n) is 5.66. The van der Waals surface area contributed by atoms with E-state index in [1.165, 1.54) is 16.0 Å². The van der Waals surface area contributed by atoms with Crippen LogP contribution in [0.15, 0.2) is 48.5 Å². The summed E-state index contributed by atoms with van der Waals surface area (Å²) < 4.78 is 5.68. The fraction of sp³-hybridized carbons (Fsp3) is 0.444. The molecule has 178 valence electrons. The van der Waals surface area contributed by atoms with E-state index in [-0.39, 0.29) is 24.5 Å². The SMILES string of the molecule is CN(C(=O)[C@H]1CCCC[C@H]1NC(=O)OCC1c2ccccc2-c2ccccc21)C1(C(=O)O)CC1. The highest BCUT2D eigenvalue weighted by molar-refractivity contribution is 5.91. The van der Waals surface area contributed by atoms with E-state index < -0.39 is 23.5 Å². The number of carbonyl (C=O) groups is 3. The van der Waals surface area contributed by atoms with Crippen LogP contribution in [0.2, 0.25) is 0 Å². The van der Waals surface area contributed by atoms with Crippen LogP contribution in [0.5, 0.6) is 0 Å². The van der Waals surface area contributed by atoms with E-state index in [0.29, 0.717) is 25.7 Å². The van der Waals surface area contributed by atoms with Crippen molar-refractivity contribution in [1.82, 2.24) is 10.2 Å². The number of fused-ring (bicyclic) bond motifs is 3. The van der Waals surface area contributed by atoms with Crippen LogP contribution in [0.4, 0.5) is 4.79 Å². The standard InChI is InChI=1S/C27H30N2O5/c1-29(27(14-15-27)25(31)32)24(30)21-12-6-7-13-23(21)28-26(33)34-16-22-19-10-4-2-8-17(19)18-9-3-5-11-20(18)22/h2-5,8-11,21-23H,6-7,12-16H2,1H3,(H,28,33)(H,31,32)/t21-,23+/m0/s1. The third-order valence-corrected chi connectivity index (χ3v) is 7.82. The maximum Gasteiger partial charge on any atom is 0.407 e. The second-order valence-corrected chi connectivity index (χ2v) is 9.70. The molecular weight excluding hydrogens is 432 g/mol. The number of nitrogens with one attached hydrogen (secondary N) is 1. The number of rotatable bonds is 6. The molecule has 2 atom stereocenters. The average molecular weight is 463 g/mol. The average Bonchev–Trinajstić information content (AvgIpc) is 3.61. The van der Waals surface area contributed by atoms with Gasteiger partial charge >= 0.3 is 12.1 Å². The summed E-state index contributed by atoms with van der Waals surface area (Å²) in [6.45, 7) is 0.215. The number of carbonyl (C=O) groups excluding carboxylic acids is 2. The van der Waals surface area contributed by atoms with Gasteiger partial charge in [0.05, 0.1) is 5.92 Å². The minimum atomic E-state index is -1.08. The third-order valence-electron chi connectivity index (χ3n) is 7.82. The van der Waals surface area contributed by atoms with E-state index in [9.17, 15) is 19.5 Å². The van der Waals surface area contributed by atoms with Crippen LogP contribution < -0.4 is 5.32 Å². The van der Waals surface area contributed by atoms with Crippen LogP contribution in [-0.2, 0) is 14.3 Å². The second kappa shape index (κ2) is 8.78. The quantitative estimate of drug-likeness (QED) is 0.672. The molecule has 0 aromatic heterocycles. The van der Waals surface area contributed by atoms with Gasteiger partial charge < -0.3 is 20.1 Å². The Hall–Kier alpha value is -3.35. The number of benzene rings is 2. The normalized spacial score (nSPS) is 22.3. The summed E-state index contributed by atoms with van der Waals surface area (Å²) in [7, 11) is 1.57. The van der Waals surface area contributed by atoms with E-state index in [1.54, 1.807) is 7.05 Å². The Kier molecular flexibility index (Phi) is 5.80. The molecule has 2 saturated carbocycles. The van der Waals surface area contributed by atoms with Crippen molar-refractivity contribution in [2.24, 2.45) is 5.92 Å². The van der Waals surface area contributed by atoms with E-state index >= 15 is 0 Å². The molecule has 0 heterocycles. The van der Waals surface area contributed by atoms with Gasteiger partial charge in [-0.2, -0.15) is 0 Å². The predicted molar refractivity (Wildman–Crippen MR) is 126 cm³/mol. The molecule has 2 aromatic carbocycles. The Labute approximate surface area is 199 Å². The summed E-state index contributed by atoms with van der Waals surface area (Å²) in [5, 5.41) is 12.5. The highest BCUT2D eigenvalue weighted by Crippen LogP contribution is 2.45. The molecule has 0 radical (unpaired) electrons. The smallest absolute Gasteiger partial charge is 0.407 e. The summed E-state index contributed by atoms with van der Waals surface area (Å²) in [5.74, 6) is -1.63. The van der Waals surface area contributed by atoms with Crippen LogP contribution in [0.1, 0.15) is 55.6 Å². The molecule has 2 amide bonds. The van der Waals surface area contributed by atoms with Gasteiger partial charge in [-0.1, -0.05) is 61.4 Å². The molecule has 7 nitrogen and oxygen atoms in total. The maximum atomic E-state index is 13.2. The molecule has 7 heteroatoms. The number of carboxylic acids is 1. The zero-order chi connectivity index (χ0) is 23.9. The predicted octanol–water partition coefficient (Wildman–Crippen LogP) is 4.16. The van der Waals surface area contributed by atoms with Crippen LogP contribution in [0.25, 0.3) is 11.1 Å². The first-order valence-electron chi connectivity index (χ1n) is 12.0. The molecule has 0 saturated heterocycles. The van der Waals surface area contributed by atoms with Crippen molar-refractivity contribution >= 4 is 18.0 Å². The van der Waals surface area contributed by atoms with Gasteiger partial charge in [-0.15, -0.1) is 0 Å². The minimum Gasteiger partial charge on any atom is -0.479 e. The van der Waals surface area contributed by atoms with Gasteiger partial charge in [0.15, 0.2) is 0 Å². The zero-order valence-corrected chi connectivity index (χ0v) is 19.3. The van der Waals surface area contributed by atoms with Gasteiger partial charge in [0.1, 0.15) is 12.1 Å². The maximum absolute atomic E-state index is 13.2. The van der Waals surface area contributed by atoms with Gasteiger partial charge in [0, 0.05) is 19.0 Å². The largest absolute Gasteiger partial charge is 0.479 e. The van der Waals surface area contributed by atoms with Gasteiger partial charge in [-0.05, 0) is 47.9 Å². The lowest BCUT2D eigenvalue weighted by molar-refractivity contribution is -0.153. The molecule has 3 aliphatic carbocycles. The first kappa shape index (κ1) is 22.4. The van der Waals surface area contributed by atoms with Gasteiger partial charge in [0.25, 0.3) is 0 Å². The van der Waals surface area contributed by atoms with Crippen molar-refractivity contribution in [3.05, 3.63) is 59.7 Å². The van der Waals surface area contributed by atoms with Gasteiger partial charge in [0.2, 0.25) is 5.91 Å². The Morgan fingerprint density at radius 2 is 1.59 bits per heavy atom. The molecular formula is C27H30N2O5. The van der Waals surface area contributed by atoms with Crippen molar-refractivity contribution in [3.8, 4) is 11.1 Å². The van der Waals surface area contributed by atoms with Crippen LogP contribution in [0.3, 0.4) is 0 Å². The molecule has 2 N–H and O–H groups in total. The lowest BCUT2D eigenvalue weighted by Crippen LogP contribution is -2.53. The van der Waals surface area contributed by atoms with E-state index in [2.05, 4.69) is 29.6 Å². The fourth-order valence-corrected chi connectivity index (χ4v) is 5.66. The third kappa shape index (κ3) is 3.83. The Balaban J connectivity index is 1.24. The summed E-state index contributed by atoms with van der Waals surface area (Å²) in [4.78, 5) is 39.0. The number of aliphatic carboxylic acids is 1. The van der Waals surface area contributed by atoms with Crippen molar-refractivity contribution in [2.75, 3.05) is 13.7 Å². The lowest BCUT2D eigenvalue weighted by atomic mass is 9.83. The number of hydrogen-bond acceptors (Lipinski definition) is 4. The number of hydrogen-bond donors (Lipinski definition) is 2. The van der Waals surface area contributed by atoms with E-state index in [0.717, 1.165) is 24.0 Å². The Morgan fingerprint density at radius 3 is 2.18 bits per heavy atom. The number of ether oxygens (including phenoxy) is 1. The first-order valence-corrected chi connectivity index (χ1v) is 12.0. The zero-order valence-electron chi connectivity index (χ0n) is 19.3. The molecule has 3 aliphatic rings. The molecule has 2 aromatic rings. The summed E-state index contributed by atoms with van der Waals surface area (Å²) in [6.07, 6.45) is 3.51. The molecule has 0 bridgehead atoms.